The van der Waals surface area contributed by atoms with Gasteiger partial charge in [-0.3, -0.25) is 4.79 Å². The number of aliphatic hydroxyl groups is 1. The standard InChI is InChI=1S/C23H25F3N2O4S/c1-23(2,30)22(29)28-18-11-17(18)21(27-33(3,31)32)19(28)9-12-5-4-6-16(20(12)26)13-7-14(24)10-15(25)8-13/h4-8,10,17-19,21,27,30H,9,11H2,1-3H3/t17-,18+,19+,21+/m0/s1. The van der Waals surface area contributed by atoms with E-state index in [0.717, 1.165) is 18.4 Å². The van der Waals surface area contributed by atoms with E-state index < -0.39 is 51.1 Å². The molecule has 1 heterocycles. The number of nitrogens with zero attached hydrogens (tertiary/aromatic N) is 1. The van der Waals surface area contributed by atoms with Crippen molar-refractivity contribution in [1.82, 2.24) is 9.62 Å². The summed E-state index contributed by atoms with van der Waals surface area (Å²) < 4.78 is 69.4. The number of hydrogen-bond acceptors (Lipinski definition) is 4. The molecule has 2 aromatic rings. The second-order valence-electron chi connectivity index (χ2n) is 9.36. The molecule has 33 heavy (non-hydrogen) atoms. The first kappa shape index (κ1) is 23.7. The first-order valence-corrected chi connectivity index (χ1v) is 12.4. The summed E-state index contributed by atoms with van der Waals surface area (Å²) in [5, 5.41) is 10.3. The van der Waals surface area contributed by atoms with Gasteiger partial charge in [0, 0.05) is 23.7 Å². The highest BCUT2D eigenvalue weighted by Gasteiger charge is 2.61. The van der Waals surface area contributed by atoms with Crippen molar-refractivity contribution in [2.75, 3.05) is 6.26 Å². The highest BCUT2D eigenvalue weighted by molar-refractivity contribution is 7.88. The van der Waals surface area contributed by atoms with Gasteiger partial charge in [0.05, 0.1) is 12.3 Å². The number of rotatable bonds is 6. The lowest BCUT2D eigenvalue weighted by Gasteiger charge is -2.35. The Labute approximate surface area is 190 Å². The molecule has 1 aliphatic carbocycles. The average Bonchev–Trinajstić information content (AvgIpc) is 3.39. The summed E-state index contributed by atoms with van der Waals surface area (Å²) in [7, 11) is -3.62. The predicted molar refractivity (Wildman–Crippen MR) is 116 cm³/mol. The van der Waals surface area contributed by atoms with Crippen LogP contribution in [0.2, 0.25) is 0 Å². The van der Waals surface area contributed by atoms with E-state index in [9.17, 15) is 27.1 Å². The van der Waals surface area contributed by atoms with Crippen LogP contribution in [0.5, 0.6) is 0 Å². The lowest BCUT2D eigenvalue weighted by atomic mass is 9.94. The molecule has 0 bridgehead atoms. The maximum Gasteiger partial charge on any atom is 0.254 e. The number of hydrogen-bond donors (Lipinski definition) is 2. The van der Waals surface area contributed by atoms with Crippen LogP contribution in [0.4, 0.5) is 13.2 Å². The molecule has 2 N–H and O–H groups in total. The van der Waals surface area contributed by atoms with Crippen molar-refractivity contribution >= 4 is 15.9 Å². The van der Waals surface area contributed by atoms with Crippen LogP contribution in [0.25, 0.3) is 11.1 Å². The third-order valence-corrected chi connectivity index (χ3v) is 6.88. The number of carbonyl (C=O) groups excluding carboxylic acids is 1. The van der Waals surface area contributed by atoms with Gasteiger partial charge in [-0.05, 0) is 55.9 Å². The lowest BCUT2D eigenvalue weighted by Crippen LogP contribution is -2.55. The Morgan fingerprint density at radius 3 is 2.39 bits per heavy atom. The lowest BCUT2D eigenvalue weighted by molar-refractivity contribution is -0.150. The third-order valence-electron chi connectivity index (χ3n) is 6.18. The number of carbonyl (C=O) groups is 1. The summed E-state index contributed by atoms with van der Waals surface area (Å²) in [5.41, 5.74) is -1.51. The van der Waals surface area contributed by atoms with Crippen LogP contribution in [-0.2, 0) is 21.2 Å². The van der Waals surface area contributed by atoms with Crippen molar-refractivity contribution in [3.63, 3.8) is 0 Å². The van der Waals surface area contributed by atoms with E-state index in [-0.39, 0.29) is 35.1 Å². The fourth-order valence-electron chi connectivity index (χ4n) is 4.76. The molecule has 2 aliphatic rings. The molecule has 4 atom stereocenters. The number of nitrogens with one attached hydrogen (secondary N) is 1. The molecule has 178 valence electrons. The van der Waals surface area contributed by atoms with Gasteiger partial charge in [0.25, 0.3) is 5.91 Å². The quantitative estimate of drug-likeness (QED) is 0.663. The number of halogens is 3. The number of sulfonamides is 1. The van der Waals surface area contributed by atoms with Crippen molar-refractivity contribution in [2.45, 2.75) is 50.4 Å². The van der Waals surface area contributed by atoms with Crippen LogP contribution in [0.15, 0.2) is 36.4 Å². The molecule has 1 amide bonds. The van der Waals surface area contributed by atoms with Gasteiger partial charge in [-0.15, -0.1) is 0 Å². The van der Waals surface area contributed by atoms with Crippen LogP contribution in [-0.4, -0.2) is 54.3 Å². The highest BCUT2D eigenvalue weighted by Crippen LogP contribution is 2.50. The van der Waals surface area contributed by atoms with Crippen molar-refractivity contribution in [3.8, 4) is 11.1 Å². The predicted octanol–water partition coefficient (Wildman–Crippen LogP) is 2.60. The Hall–Kier alpha value is -2.43. The maximum atomic E-state index is 15.5. The Balaban J connectivity index is 1.72. The minimum atomic E-state index is -3.62. The third kappa shape index (κ3) is 4.78. The van der Waals surface area contributed by atoms with Crippen LogP contribution in [0.1, 0.15) is 25.8 Å². The number of benzene rings is 2. The summed E-state index contributed by atoms with van der Waals surface area (Å²) in [5.74, 6) is -3.10. The fourth-order valence-corrected chi connectivity index (χ4v) is 5.59. The fraction of sp³-hybridized carbons (Fsp3) is 0.435. The molecule has 10 heteroatoms. The van der Waals surface area contributed by atoms with Gasteiger partial charge in [0.1, 0.15) is 23.1 Å². The van der Waals surface area contributed by atoms with Gasteiger partial charge in [0.15, 0.2) is 0 Å². The number of piperidine rings is 1. The minimum Gasteiger partial charge on any atom is -0.381 e. The zero-order valence-corrected chi connectivity index (χ0v) is 19.2. The maximum absolute atomic E-state index is 15.5. The molecular formula is C23H25F3N2O4S. The first-order valence-electron chi connectivity index (χ1n) is 10.5. The number of likely N-dealkylation sites (tertiary alicyclic amines) is 1. The van der Waals surface area contributed by atoms with Crippen LogP contribution in [0.3, 0.4) is 0 Å². The van der Waals surface area contributed by atoms with Gasteiger partial charge in [0.2, 0.25) is 10.0 Å². The minimum absolute atomic E-state index is 0.0120. The zero-order valence-electron chi connectivity index (χ0n) is 18.3. The Bertz CT molecular complexity index is 1190. The summed E-state index contributed by atoms with van der Waals surface area (Å²) in [6, 6.07) is 5.51. The molecule has 0 radical (unpaired) electrons. The molecule has 0 unspecified atom stereocenters. The van der Waals surface area contributed by atoms with E-state index in [1.165, 1.54) is 36.9 Å². The molecule has 2 aromatic carbocycles. The molecule has 1 saturated heterocycles. The first-order chi connectivity index (χ1) is 15.3. The molecular weight excluding hydrogens is 457 g/mol. The SMILES string of the molecule is CC(C)(O)C(=O)N1[C@@H]2C[C@@H]2[C@@H](NS(C)(=O)=O)[C@H]1Cc1cccc(-c2cc(F)cc(F)c2)c1F. The average molecular weight is 483 g/mol. The van der Waals surface area contributed by atoms with E-state index in [4.69, 9.17) is 0 Å². The van der Waals surface area contributed by atoms with Gasteiger partial charge < -0.3 is 10.0 Å². The number of fused-ring (bicyclic) bond motifs is 1. The second kappa shape index (κ2) is 8.11. The normalized spacial score (nSPS) is 24.6. The van der Waals surface area contributed by atoms with E-state index >= 15 is 4.39 Å². The largest absolute Gasteiger partial charge is 0.381 e. The van der Waals surface area contributed by atoms with Crippen molar-refractivity contribution in [2.24, 2.45) is 5.92 Å². The zero-order chi connectivity index (χ0) is 24.3. The van der Waals surface area contributed by atoms with Gasteiger partial charge in [-0.25, -0.2) is 26.3 Å². The molecule has 6 nitrogen and oxygen atoms in total. The summed E-state index contributed by atoms with van der Waals surface area (Å²) in [6.45, 7) is 2.70. The van der Waals surface area contributed by atoms with Gasteiger partial charge in [-0.2, -0.15) is 0 Å². The van der Waals surface area contributed by atoms with E-state index in [0.29, 0.717) is 12.5 Å². The Morgan fingerprint density at radius 2 is 1.82 bits per heavy atom. The van der Waals surface area contributed by atoms with E-state index in [1.807, 2.05) is 0 Å². The smallest absolute Gasteiger partial charge is 0.254 e. The molecule has 1 saturated carbocycles. The van der Waals surface area contributed by atoms with Crippen LogP contribution >= 0.6 is 0 Å². The van der Waals surface area contributed by atoms with Gasteiger partial charge >= 0.3 is 0 Å². The second-order valence-corrected chi connectivity index (χ2v) is 11.1. The van der Waals surface area contributed by atoms with E-state index in [1.54, 1.807) is 0 Å². The molecule has 0 aromatic heterocycles. The van der Waals surface area contributed by atoms with Crippen molar-refractivity contribution < 1.29 is 31.5 Å². The summed E-state index contributed by atoms with van der Waals surface area (Å²) in [6.07, 6.45) is 1.55. The molecule has 4 rings (SSSR count). The topological polar surface area (TPSA) is 86.7 Å². The van der Waals surface area contributed by atoms with Gasteiger partial charge in [-0.1, -0.05) is 18.2 Å². The summed E-state index contributed by atoms with van der Waals surface area (Å²) >= 11 is 0. The molecule has 1 aliphatic heterocycles. The Kier molecular flexibility index (Phi) is 5.83. The Morgan fingerprint density at radius 1 is 1.18 bits per heavy atom. The number of amides is 1. The monoisotopic (exact) mass is 482 g/mol. The van der Waals surface area contributed by atoms with Crippen molar-refractivity contribution in [1.29, 1.82) is 0 Å². The summed E-state index contributed by atoms with van der Waals surface area (Å²) in [4.78, 5) is 14.4. The molecule has 2 fully saturated rings. The van der Waals surface area contributed by atoms with Crippen molar-refractivity contribution in [3.05, 3.63) is 59.4 Å². The van der Waals surface area contributed by atoms with Crippen LogP contribution in [0, 0.1) is 23.4 Å². The molecule has 0 spiro atoms. The van der Waals surface area contributed by atoms with Crippen LogP contribution < -0.4 is 4.72 Å². The highest BCUT2D eigenvalue weighted by atomic mass is 32.2. The van der Waals surface area contributed by atoms with E-state index in [2.05, 4.69) is 4.72 Å².